The lowest BCUT2D eigenvalue weighted by Gasteiger charge is -2.26. The molecule has 0 fully saturated rings. The topological polar surface area (TPSA) is 118 Å². The fourth-order valence-corrected chi connectivity index (χ4v) is 2.62. The molecule has 0 saturated heterocycles. The third-order valence-corrected chi connectivity index (χ3v) is 3.89. The minimum atomic E-state index is -0.705. The maximum Gasteiger partial charge on any atom is 0.338 e. The second-order valence-electron chi connectivity index (χ2n) is 5.08. The van der Waals surface area contributed by atoms with Gasteiger partial charge in [-0.1, -0.05) is 34.9 Å². The second kappa shape index (κ2) is 9.67. The van der Waals surface area contributed by atoms with Crippen molar-refractivity contribution in [1.82, 2.24) is 5.32 Å². The van der Waals surface area contributed by atoms with Gasteiger partial charge in [0.25, 0.3) is 6.02 Å². The van der Waals surface area contributed by atoms with Crippen LogP contribution in [0.15, 0.2) is 45.6 Å². The van der Waals surface area contributed by atoms with Crippen LogP contribution in [0, 0.1) is 0 Å². The van der Waals surface area contributed by atoms with Crippen LogP contribution in [0.5, 0.6) is 0 Å². The van der Waals surface area contributed by atoms with Crippen LogP contribution in [0.2, 0.25) is 5.02 Å². The van der Waals surface area contributed by atoms with Crippen molar-refractivity contribution in [3.63, 3.8) is 0 Å². The molecule has 2 rings (SSSR count). The van der Waals surface area contributed by atoms with Gasteiger partial charge < -0.3 is 19.5 Å². The first kappa shape index (κ1) is 19.6. The number of esters is 1. The first-order chi connectivity index (χ1) is 12.6. The molecule has 0 bridgehead atoms. The number of carbonyl (C=O) groups excluding carboxylic acids is 1. The van der Waals surface area contributed by atoms with E-state index in [2.05, 4.69) is 20.3 Å². The van der Waals surface area contributed by atoms with E-state index in [-0.39, 0.29) is 31.4 Å². The van der Waals surface area contributed by atoms with Crippen LogP contribution in [0.1, 0.15) is 11.6 Å². The van der Waals surface area contributed by atoms with Crippen molar-refractivity contribution in [2.45, 2.75) is 6.04 Å². The number of ether oxygens (including phenoxy) is 3. The molecule has 0 spiro atoms. The normalized spacial score (nSPS) is 16.3. The summed E-state index contributed by atoms with van der Waals surface area (Å²) in [5, 5.41) is 6.77. The molecular weight excluding hydrogens is 362 g/mol. The predicted molar refractivity (Wildman–Crippen MR) is 95.6 cm³/mol. The molecule has 0 aromatic heterocycles. The summed E-state index contributed by atoms with van der Waals surface area (Å²) in [6, 6.07) is 6.59. The van der Waals surface area contributed by atoms with E-state index in [4.69, 9.17) is 31.3 Å². The maximum atomic E-state index is 12.4. The Bertz CT molecular complexity index is 774. The van der Waals surface area contributed by atoms with Crippen LogP contribution in [-0.2, 0) is 19.0 Å². The standard InChI is InChI=1S/C16H18ClN5O4/c1-24-15(23)13-12(9-26-8-7-19-22-18)20-16(25-2)21-14(13)10-5-3-4-6-11(10)17/h3-6,14H,7-9H2,1-2H3,(H,20,21). The SMILES string of the molecule is COC(=O)C1=C(COCCN=[N+]=[N-])NC(OC)=NC1c1ccccc1Cl. The Morgan fingerprint density at radius 1 is 1.42 bits per heavy atom. The van der Waals surface area contributed by atoms with E-state index < -0.39 is 12.0 Å². The summed E-state index contributed by atoms with van der Waals surface area (Å²) in [5.41, 5.74) is 9.63. The van der Waals surface area contributed by atoms with Gasteiger partial charge in [0, 0.05) is 22.0 Å². The van der Waals surface area contributed by atoms with E-state index in [0.29, 0.717) is 16.3 Å². The molecule has 9 nitrogen and oxygen atoms in total. The summed E-state index contributed by atoms with van der Waals surface area (Å²) in [6.45, 7) is 0.422. The summed E-state index contributed by atoms with van der Waals surface area (Å²) >= 11 is 6.29. The number of hydrogen-bond donors (Lipinski definition) is 1. The van der Waals surface area contributed by atoms with Crippen molar-refractivity contribution in [1.29, 1.82) is 0 Å². The molecular formula is C16H18ClN5O4. The molecule has 1 unspecified atom stereocenters. The zero-order chi connectivity index (χ0) is 18.9. The first-order valence-corrected chi connectivity index (χ1v) is 8.03. The van der Waals surface area contributed by atoms with Crippen molar-refractivity contribution in [2.24, 2.45) is 10.1 Å². The number of aliphatic imine (C=N–C) groups is 1. The number of rotatable bonds is 7. The number of hydrogen-bond acceptors (Lipinski definition) is 7. The molecule has 0 amide bonds. The Balaban J connectivity index is 2.39. The summed E-state index contributed by atoms with van der Waals surface area (Å²) in [7, 11) is 2.74. The van der Waals surface area contributed by atoms with Gasteiger partial charge in [-0.05, 0) is 11.6 Å². The second-order valence-corrected chi connectivity index (χ2v) is 5.49. The average Bonchev–Trinajstić information content (AvgIpc) is 2.67. The van der Waals surface area contributed by atoms with Crippen LogP contribution in [0.3, 0.4) is 0 Å². The molecule has 138 valence electrons. The quantitative estimate of drug-likeness (QED) is 0.257. The van der Waals surface area contributed by atoms with E-state index in [9.17, 15) is 4.79 Å². The summed E-state index contributed by atoms with van der Waals surface area (Å²) < 4.78 is 15.6. The van der Waals surface area contributed by atoms with Crippen LogP contribution in [-0.4, -0.2) is 46.0 Å². The zero-order valence-electron chi connectivity index (χ0n) is 14.3. The zero-order valence-corrected chi connectivity index (χ0v) is 15.1. The van der Waals surface area contributed by atoms with Crippen LogP contribution < -0.4 is 5.32 Å². The predicted octanol–water partition coefficient (Wildman–Crippen LogP) is 2.74. The molecule has 1 atom stereocenters. The number of amidine groups is 1. The minimum absolute atomic E-state index is 0.0503. The molecule has 1 aromatic rings. The van der Waals surface area contributed by atoms with Gasteiger partial charge in [0.15, 0.2) is 0 Å². The molecule has 1 N–H and O–H groups in total. The lowest BCUT2D eigenvalue weighted by Crippen LogP contribution is -2.36. The smallest absolute Gasteiger partial charge is 0.338 e. The third kappa shape index (κ3) is 4.66. The molecule has 10 heteroatoms. The molecule has 0 radical (unpaired) electrons. The fourth-order valence-electron chi connectivity index (χ4n) is 2.38. The Labute approximate surface area is 155 Å². The highest BCUT2D eigenvalue weighted by Crippen LogP contribution is 2.35. The highest BCUT2D eigenvalue weighted by Gasteiger charge is 2.33. The Morgan fingerprint density at radius 3 is 2.85 bits per heavy atom. The van der Waals surface area contributed by atoms with Gasteiger partial charge in [0.05, 0.1) is 38.7 Å². The van der Waals surface area contributed by atoms with Crippen LogP contribution >= 0.6 is 11.6 Å². The Kier molecular flexibility index (Phi) is 7.28. The molecule has 1 heterocycles. The molecule has 0 saturated carbocycles. The van der Waals surface area contributed by atoms with E-state index in [1.54, 1.807) is 24.3 Å². The van der Waals surface area contributed by atoms with Crippen LogP contribution in [0.4, 0.5) is 0 Å². The number of carbonyl (C=O) groups is 1. The Morgan fingerprint density at radius 2 is 2.19 bits per heavy atom. The van der Waals surface area contributed by atoms with Crippen molar-refractivity contribution in [3.8, 4) is 0 Å². The highest BCUT2D eigenvalue weighted by molar-refractivity contribution is 6.31. The van der Waals surface area contributed by atoms with Gasteiger partial charge >= 0.3 is 5.97 Å². The summed E-state index contributed by atoms with van der Waals surface area (Å²) in [5.74, 6) is -0.560. The minimum Gasteiger partial charge on any atom is -0.468 e. The number of methoxy groups -OCH3 is 2. The fraction of sp³-hybridized carbons (Fsp3) is 0.375. The van der Waals surface area contributed by atoms with Crippen molar-refractivity contribution < 1.29 is 19.0 Å². The number of benzene rings is 1. The van der Waals surface area contributed by atoms with E-state index in [1.165, 1.54) is 14.2 Å². The van der Waals surface area contributed by atoms with Gasteiger partial charge in [-0.2, -0.15) is 0 Å². The lowest BCUT2D eigenvalue weighted by molar-refractivity contribution is -0.136. The van der Waals surface area contributed by atoms with Crippen molar-refractivity contribution in [2.75, 3.05) is 34.0 Å². The lowest BCUT2D eigenvalue weighted by atomic mass is 9.96. The largest absolute Gasteiger partial charge is 0.468 e. The van der Waals surface area contributed by atoms with E-state index in [1.807, 2.05) is 0 Å². The molecule has 1 aliphatic heterocycles. The number of halogens is 1. The van der Waals surface area contributed by atoms with Gasteiger partial charge in [0.2, 0.25) is 0 Å². The summed E-state index contributed by atoms with van der Waals surface area (Å²) in [4.78, 5) is 19.5. The van der Waals surface area contributed by atoms with Crippen LogP contribution in [0.25, 0.3) is 10.4 Å². The number of azide groups is 1. The van der Waals surface area contributed by atoms with Gasteiger partial charge in [-0.3, -0.25) is 0 Å². The Hall–Kier alpha value is -2.74. The van der Waals surface area contributed by atoms with Gasteiger partial charge in [-0.15, -0.1) is 0 Å². The monoisotopic (exact) mass is 379 g/mol. The van der Waals surface area contributed by atoms with E-state index >= 15 is 0 Å². The average molecular weight is 380 g/mol. The molecule has 1 aromatic carbocycles. The maximum absolute atomic E-state index is 12.4. The van der Waals surface area contributed by atoms with Gasteiger partial charge in [0.1, 0.15) is 6.04 Å². The molecule has 1 aliphatic rings. The highest BCUT2D eigenvalue weighted by atomic mass is 35.5. The molecule has 0 aliphatic carbocycles. The van der Waals surface area contributed by atoms with Crippen molar-refractivity contribution in [3.05, 3.63) is 56.6 Å². The van der Waals surface area contributed by atoms with Crippen molar-refractivity contribution >= 4 is 23.6 Å². The third-order valence-electron chi connectivity index (χ3n) is 3.55. The van der Waals surface area contributed by atoms with Gasteiger partial charge in [-0.25, -0.2) is 9.79 Å². The molecule has 26 heavy (non-hydrogen) atoms. The summed E-state index contributed by atoms with van der Waals surface area (Å²) in [6.07, 6.45) is 0. The number of nitrogens with zero attached hydrogens (tertiary/aromatic N) is 4. The number of nitrogens with one attached hydrogen (secondary N) is 1. The first-order valence-electron chi connectivity index (χ1n) is 7.65. The van der Waals surface area contributed by atoms with E-state index in [0.717, 1.165) is 0 Å².